The van der Waals surface area contributed by atoms with Crippen LogP contribution in [0.4, 0.5) is 0 Å². The second-order valence-electron chi connectivity index (χ2n) is 7.56. The van der Waals surface area contributed by atoms with Crippen LogP contribution in [-0.4, -0.2) is 55.4 Å². The van der Waals surface area contributed by atoms with Gasteiger partial charge in [-0.05, 0) is 46.7 Å². The van der Waals surface area contributed by atoms with Gasteiger partial charge in [-0.2, -0.15) is 5.10 Å². The normalized spacial score (nSPS) is 18.3. The Labute approximate surface area is 144 Å². The predicted molar refractivity (Wildman–Crippen MR) is 92.4 cm³/mol. The monoisotopic (exact) mass is 337 g/mol. The molecule has 1 aromatic heterocycles. The first kappa shape index (κ1) is 18.9. The van der Waals surface area contributed by atoms with Crippen molar-refractivity contribution in [2.75, 3.05) is 13.1 Å². The molecule has 0 radical (unpaired) electrons. The van der Waals surface area contributed by atoms with Gasteiger partial charge in [0.05, 0.1) is 18.6 Å². The number of carbonyl (C=O) groups is 1. The maximum absolute atomic E-state index is 11.2. The van der Waals surface area contributed by atoms with Crippen molar-refractivity contribution in [2.24, 2.45) is 5.73 Å². The van der Waals surface area contributed by atoms with E-state index in [-0.39, 0.29) is 6.42 Å². The second-order valence-corrected chi connectivity index (χ2v) is 7.56. The van der Waals surface area contributed by atoms with E-state index in [1.54, 1.807) is 18.5 Å². The highest BCUT2D eigenvalue weighted by Gasteiger charge is 2.23. The highest BCUT2D eigenvalue weighted by Crippen LogP contribution is 2.16. The fourth-order valence-electron chi connectivity index (χ4n) is 3.23. The largest absolute Gasteiger partial charge is 0.389 e. The van der Waals surface area contributed by atoms with Gasteiger partial charge in [0.2, 0.25) is 5.91 Å². The van der Waals surface area contributed by atoms with Gasteiger partial charge in [0, 0.05) is 12.5 Å². The van der Waals surface area contributed by atoms with Gasteiger partial charge in [-0.25, -0.2) is 9.67 Å². The average molecular weight is 337 g/mol. The molecule has 1 aromatic rings. The number of likely N-dealkylation sites (tertiary alicyclic amines) is 1. The predicted octanol–water partition coefficient (Wildman–Crippen LogP) is 0.884. The number of hydrogen-bond acceptors (Lipinski definition) is 5. The lowest BCUT2D eigenvalue weighted by molar-refractivity contribution is -0.117. The van der Waals surface area contributed by atoms with Crippen molar-refractivity contribution in [3.8, 4) is 0 Å². The quantitative estimate of drug-likeness (QED) is 0.770. The summed E-state index contributed by atoms with van der Waals surface area (Å²) in [5, 5.41) is 14.5. The van der Waals surface area contributed by atoms with Crippen LogP contribution in [0.3, 0.4) is 0 Å². The molecule has 1 saturated heterocycles. The highest BCUT2D eigenvalue weighted by molar-refractivity contribution is 5.75. The molecule has 7 nitrogen and oxygen atoms in total. The molecule has 1 aliphatic heterocycles. The zero-order valence-corrected chi connectivity index (χ0v) is 15.2. The Morgan fingerprint density at radius 1 is 1.29 bits per heavy atom. The molecule has 1 atom stereocenters. The van der Waals surface area contributed by atoms with E-state index in [9.17, 15) is 9.90 Å². The summed E-state index contributed by atoms with van der Waals surface area (Å²) >= 11 is 0. The van der Waals surface area contributed by atoms with Crippen LogP contribution >= 0.6 is 0 Å². The van der Waals surface area contributed by atoms with E-state index in [0.717, 1.165) is 25.3 Å². The molecule has 1 amide bonds. The number of hydrogen-bond donors (Lipinski definition) is 2. The Hall–Kier alpha value is -1.47. The van der Waals surface area contributed by atoms with Gasteiger partial charge < -0.3 is 15.7 Å². The van der Waals surface area contributed by atoms with E-state index in [4.69, 9.17) is 5.73 Å². The number of aliphatic hydroxyl groups is 1. The molecule has 0 saturated carbocycles. The van der Waals surface area contributed by atoms with Crippen LogP contribution in [0.2, 0.25) is 0 Å². The van der Waals surface area contributed by atoms with Crippen LogP contribution in [0.15, 0.2) is 0 Å². The molecule has 2 heterocycles. The van der Waals surface area contributed by atoms with E-state index in [1.165, 1.54) is 25.7 Å². The molecular formula is C17H31N5O2. The lowest BCUT2D eigenvalue weighted by Crippen LogP contribution is -2.36. The molecule has 1 unspecified atom stereocenters. The SMILES string of the molecule is CC(Cc1nc(CC(N)=O)nn1CC(C)(C)O)N1CCCCCC1. The number of amides is 1. The van der Waals surface area contributed by atoms with Crippen LogP contribution in [0.5, 0.6) is 0 Å². The minimum atomic E-state index is -0.891. The minimum absolute atomic E-state index is 0.0317. The molecule has 24 heavy (non-hydrogen) atoms. The molecular weight excluding hydrogens is 306 g/mol. The maximum Gasteiger partial charge on any atom is 0.225 e. The summed E-state index contributed by atoms with van der Waals surface area (Å²) in [6, 6.07) is 0.356. The zero-order valence-electron chi connectivity index (χ0n) is 15.2. The third-order valence-electron chi connectivity index (χ3n) is 4.40. The van der Waals surface area contributed by atoms with Gasteiger partial charge in [-0.3, -0.25) is 4.79 Å². The van der Waals surface area contributed by atoms with Gasteiger partial charge >= 0.3 is 0 Å². The fourth-order valence-corrected chi connectivity index (χ4v) is 3.23. The standard InChI is InChI=1S/C17H31N5O2/c1-13(21-8-6-4-5-7-9-21)10-16-19-15(11-14(18)23)20-22(16)12-17(2,3)24/h13,24H,4-12H2,1-3H3,(H2,18,23). The molecule has 1 aliphatic rings. The van der Waals surface area contributed by atoms with E-state index in [1.807, 2.05) is 0 Å². The molecule has 0 spiro atoms. The van der Waals surface area contributed by atoms with Crippen LogP contribution in [0, 0.1) is 0 Å². The summed E-state index contributed by atoms with van der Waals surface area (Å²) in [5.41, 5.74) is 4.37. The number of carbonyl (C=O) groups excluding carboxylic acids is 1. The van der Waals surface area contributed by atoms with E-state index in [0.29, 0.717) is 18.4 Å². The summed E-state index contributed by atoms with van der Waals surface area (Å²) < 4.78 is 1.73. The lowest BCUT2D eigenvalue weighted by atomic mass is 10.1. The van der Waals surface area contributed by atoms with Crippen LogP contribution in [0.25, 0.3) is 0 Å². The van der Waals surface area contributed by atoms with Gasteiger partial charge in [-0.15, -0.1) is 0 Å². The van der Waals surface area contributed by atoms with Gasteiger partial charge in [-0.1, -0.05) is 12.8 Å². The molecule has 7 heteroatoms. The van der Waals surface area contributed by atoms with Gasteiger partial charge in [0.1, 0.15) is 5.82 Å². The van der Waals surface area contributed by atoms with E-state index in [2.05, 4.69) is 21.9 Å². The maximum atomic E-state index is 11.2. The van der Waals surface area contributed by atoms with E-state index >= 15 is 0 Å². The van der Waals surface area contributed by atoms with Crippen LogP contribution < -0.4 is 5.73 Å². The second kappa shape index (κ2) is 8.07. The summed E-state index contributed by atoms with van der Waals surface area (Å²) in [7, 11) is 0. The number of rotatable bonds is 7. The Balaban J connectivity index is 2.13. The fraction of sp³-hybridized carbons (Fsp3) is 0.824. The average Bonchev–Trinajstić information content (AvgIpc) is 2.66. The van der Waals surface area contributed by atoms with Crippen molar-refractivity contribution < 1.29 is 9.90 Å². The third-order valence-corrected chi connectivity index (χ3v) is 4.40. The molecule has 0 aliphatic carbocycles. The lowest BCUT2D eigenvalue weighted by Gasteiger charge is -2.27. The van der Waals surface area contributed by atoms with Crippen molar-refractivity contribution >= 4 is 5.91 Å². The Bertz CT molecular complexity index is 542. The number of nitrogens with zero attached hydrogens (tertiary/aromatic N) is 4. The Morgan fingerprint density at radius 3 is 2.46 bits per heavy atom. The van der Waals surface area contributed by atoms with Crippen molar-refractivity contribution in [3.05, 3.63) is 11.6 Å². The molecule has 0 bridgehead atoms. The number of aromatic nitrogens is 3. The van der Waals surface area contributed by atoms with Crippen molar-refractivity contribution in [1.82, 2.24) is 19.7 Å². The van der Waals surface area contributed by atoms with Crippen molar-refractivity contribution in [2.45, 2.75) is 77.5 Å². The molecule has 136 valence electrons. The molecule has 2 rings (SSSR count). The topological polar surface area (TPSA) is 97.3 Å². The Morgan fingerprint density at radius 2 is 1.92 bits per heavy atom. The first-order valence-corrected chi connectivity index (χ1v) is 8.92. The van der Waals surface area contributed by atoms with Crippen LogP contribution in [0.1, 0.15) is 58.1 Å². The summed E-state index contributed by atoms with van der Waals surface area (Å²) in [6.45, 7) is 8.28. The number of nitrogens with two attached hydrogens (primary N) is 1. The molecule has 1 fully saturated rings. The van der Waals surface area contributed by atoms with Crippen molar-refractivity contribution in [3.63, 3.8) is 0 Å². The first-order valence-electron chi connectivity index (χ1n) is 8.92. The summed E-state index contributed by atoms with van der Waals surface area (Å²) in [4.78, 5) is 18.2. The summed E-state index contributed by atoms with van der Waals surface area (Å²) in [5.74, 6) is 0.803. The van der Waals surface area contributed by atoms with Crippen LogP contribution in [-0.2, 0) is 24.2 Å². The van der Waals surface area contributed by atoms with Gasteiger partial charge in [0.15, 0.2) is 5.82 Å². The Kier molecular flexibility index (Phi) is 6.34. The van der Waals surface area contributed by atoms with E-state index < -0.39 is 11.5 Å². The highest BCUT2D eigenvalue weighted by atomic mass is 16.3. The number of primary amides is 1. The van der Waals surface area contributed by atoms with Gasteiger partial charge in [0.25, 0.3) is 0 Å². The summed E-state index contributed by atoms with van der Waals surface area (Å²) in [6.07, 6.45) is 5.88. The molecule has 0 aromatic carbocycles. The smallest absolute Gasteiger partial charge is 0.225 e. The minimum Gasteiger partial charge on any atom is -0.389 e. The first-order chi connectivity index (χ1) is 11.2. The molecule has 3 N–H and O–H groups in total. The third kappa shape index (κ3) is 5.87. The zero-order chi connectivity index (χ0) is 17.7. The van der Waals surface area contributed by atoms with Crippen molar-refractivity contribution in [1.29, 1.82) is 0 Å².